The summed E-state index contributed by atoms with van der Waals surface area (Å²) in [6.07, 6.45) is 0.145. The molecule has 0 saturated carbocycles. The first kappa shape index (κ1) is 28.0. The molecule has 41 heavy (non-hydrogen) atoms. The van der Waals surface area contributed by atoms with Crippen molar-refractivity contribution in [3.05, 3.63) is 65.7 Å². The molecule has 1 saturated heterocycles. The Morgan fingerprint density at radius 3 is 2.44 bits per heavy atom. The van der Waals surface area contributed by atoms with E-state index in [-0.39, 0.29) is 47.5 Å². The molecule has 1 aliphatic heterocycles. The van der Waals surface area contributed by atoms with Gasteiger partial charge >= 0.3 is 5.97 Å². The number of amides is 2. The van der Waals surface area contributed by atoms with Crippen LogP contribution in [-0.2, 0) is 35.8 Å². The lowest BCUT2D eigenvalue weighted by atomic mass is 10.1. The molecule has 12 nitrogen and oxygen atoms in total. The Labute approximate surface area is 237 Å². The van der Waals surface area contributed by atoms with Gasteiger partial charge in [-0.05, 0) is 66.9 Å². The van der Waals surface area contributed by atoms with Gasteiger partial charge in [-0.15, -0.1) is 21.5 Å². The Balaban J connectivity index is 1.27. The van der Waals surface area contributed by atoms with Crippen molar-refractivity contribution < 1.29 is 37.3 Å². The highest BCUT2D eigenvalue weighted by molar-refractivity contribution is 7.86. The number of phenolic OH excluding ortho intramolecular Hbond substituents is 1. The molecule has 1 aromatic heterocycles. The molecule has 2 N–H and O–H groups in total. The number of phenols is 1. The van der Waals surface area contributed by atoms with Crippen LogP contribution in [0.15, 0.2) is 69.7 Å². The van der Waals surface area contributed by atoms with Gasteiger partial charge in [0, 0.05) is 18.4 Å². The number of hydrogen-bond donors (Lipinski definition) is 2. The van der Waals surface area contributed by atoms with Gasteiger partial charge in [-0.3, -0.25) is 14.1 Å². The van der Waals surface area contributed by atoms with Crippen LogP contribution in [0.2, 0.25) is 0 Å². The fourth-order valence-corrected chi connectivity index (χ4v) is 6.08. The molecule has 2 amide bonds. The van der Waals surface area contributed by atoms with Crippen molar-refractivity contribution in [1.82, 2.24) is 10.0 Å². The number of carbonyl (C=O) groups excluding carboxylic acids is 3. The third kappa shape index (κ3) is 6.14. The van der Waals surface area contributed by atoms with E-state index in [0.717, 1.165) is 0 Å². The van der Waals surface area contributed by atoms with Crippen LogP contribution in [0.3, 0.4) is 0 Å². The number of aromatic hydroxyl groups is 1. The predicted octanol–water partition coefficient (Wildman–Crippen LogP) is 5.18. The first-order valence-electron chi connectivity index (χ1n) is 12.3. The molecule has 3 aromatic carbocycles. The van der Waals surface area contributed by atoms with Gasteiger partial charge in [0.05, 0.1) is 16.8 Å². The maximum atomic E-state index is 12.1. The van der Waals surface area contributed by atoms with Gasteiger partial charge in [0.15, 0.2) is 0 Å². The second-order valence-electron chi connectivity index (χ2n) is 9.17. The Kier molecular flexibility index (Phi) is 7.62. The molecule has 0 aliphatic carbocycles. The number of aryl methyl sites for hydroxylation is 2. The zero-order chi connectivity index (χ0) is 29.3. The van der Waals surface area contributed by atoms with Crippen LogP contribution in [-0.4, -0.2) is 45.9 Å². The number of thiazole rings is 1. The van der Waals surface area contributed by atoms with Gasteiger partial charge in [-0.2, -0.15) is 13.5 Å². The predicted molar refractivity (Wildman–Crippen MR) is 147 cm³/mol. The van der Waals surface area contributed by atoms with E-state index >= 15 is 0 Å². The van der Waals surface area contributed by atoms with E-state index in [0.29, 0.717) is 37.1 Å². The summed E-state index contributed by atoms with van der Waals surface area (Å²) < 4.78 is 34.0. The maximum absolute atomic E-state index is 12.1. The normalized spacial score (nSPS) is 14.0. The summed E-state index contributed by atoms with van der Waals surface area (Å²) in [5, 5.41) is 19.5. The number of hydroxylamine groups is 2. The zero-order valence-corrected chi connectivity index (χ0v) is 23.1. The number of carbonyl (C=O) groups is 3. The van der Waals surface area contributed by atoms with Crippen LogP contribution in [0.1, 0.15) is 30.4 Å². The fourth-order valence-electron chi connectivity index (χ4n) is 4.16. The minimum absolute atomic E-state index is 0.0146. The maximum Gasteiger partial charge on any atom is 0.333 e. The van der Waals surface area contributed by atoms with Crippen LogP contribution in [0.5, 0.6) is 5.75 Å². The Hall–Kier alpha value is -4.53. The summed E-state index contributed by atoms with van der Waals surface area (Å²) in [6, 6.07) is 14.8. The van der Waals surface area contributed by atoms with Gasteiger partial charge in [-0.25, -0.2) is 9.78 Å². The van der Waals surface area contributed by atoms with Crippen LogP contribution in [0.25, 0.3) is 20.8 Å². The molecule has 0 unspecified atom stereocenters. The standard InChI is InChI=1S/C27H22N4O8S2/c1-15-2-10-21-25(26(15)41(36,37)38)28-27(40-21)17-5-7-18(8-6-17)29-30-19-14-16(3-9-20(19)32)4-13-24(35)39-31-22(33)11-12-23(31)34/h2-3,5-10,14,32H,4,11-13H2,1H3,(H,36,37,38)/b30-29+. The van der Waals surface area contributed by atoms with Crippen LogP contribution < -0.4 is 0 Å². The van der Waals surface area contributed by atoms with E-state index in [1.807, 2.05) is 0 Å². The number of benzene rings is 3. The second-order valence-corrected chi connectivity index (χ2v) is 11.6. The molecule has 1 fully saturated rings. The lowest BCUT2D eigenvalue weighted by Crippen LogP contribution is -2.32. The third-order valence-electron chi connectivity index (χ3n) is 6.21. The largest absolute Gasteiger partial charge is 0.506 e. The van der Waals surface area contributed by atoms with Gasteiger partial charge < -0.3 is 9.94 Å². The minimum Gasteiger partial charge on any atom is -0.506 e. The van der Waals surface area contributed by atoms with E-state index < -0.39 is 27.9 Å². The molecule has 4 aromatic rings. The first-order chi connectivity index (χ1) is 19.5. The van der Waals surface area contributed by atoms with Crippen molar-refractivity contribution in [3.63, 3.8) is 0 Å². The third-order valence-corrected chi connectivity index (χ3v) is 8.31. The van der Waals surface area contributed by atoms with Crippen molar-refractivity contribution in [1.29, 1.82) is 0 Å². The van der Waals surface area contributed by atoms with Gasteiger partial charge in [0.1, 0.15) is 26.9 Å². The number of rotatable bonds is 8. The number of fused-ring (bicyclic) bond motifs is 1. The van der Waals surface area contributed by atoms with Crippen molar-refractivity contribution in [3.8, 4) is 16.3 Å². The van der Waals surface area contributed by atoms with Crippen molar-refractivity contribution in [2.24, 2.45) is 10.2 Å². The number of azo groups is 1. The number of imide groups is 1. The molecule has 210 valence electrons. The van der Waals surface area contributed by atoms with E-state index in [9.17, 15) is 32.5 Å². The molecular formula is C27H22N4O8S2. The summed E-state index contributed by atoms with van der Waals surface area (Å²) in [5.41, 5.74) is 2.60. The molecular weight excluding hydrogens is 572 g/mol. The van der Waals surface area contributed by atoms with Gasteiger partial charge in [0.2, 0.25) is 0 Å². The van der Waals surface area contributed by atoms with Gasteiger partial charge in [-0.1, -0.05) is 12.1 Å². The van der Waals surface area contributed by atoms with Crippen LogP contribution in [0.4, 0.5) is 11.4 Å². The Bertz CT molecular complexity index is 1820. The lowest BCUT2D eigenvalue weighted by Gasteiger charge is -2.12. The Morgan fingerprint density at radius 1 is 1.05 bits per heavy atom. The van der Waals surface area contributed by atoms with Gasteiger partial charge in [0.25, 0.3) is 21.9 Å². The van der Waals surface area contributed by atoms with Crippen LogP contribution >= 0.6 is 11.3 Å². The highest BCUT2D eigenvalue weighted by Crippen LogP contribution is 2.36. The number of hydrogen-bond acceptors (Lipinski definition) is 11. The topological polar surface area (TPSA) is 176 Å². The zero-order valence-electron chi connectivity index (χ0n) is 21.5. The van der Waals surface area contributed by atoms with Crippen molar-refractivity contribution in [2.45, 2.75) is 37.5 Å². The molecule has 0 spiro atoms. The highest BCUT2D eigenvalue weighted by Gasteiger charge is 2.32. The molecule has 5 rings (SSSR count). The summed E-state index contributed by atoms with van der Waals surface area (Å²) >= 11 is 1.28. The molecule has 0 atom stereocenters. The molecule has 14 heteroatoms. The van der Waals surface area contributed by atoms with E-state index in [1.54, 1.807) is 55.5 Å². The average molecular weight is 595 g/mol. The smallest absolute Gasteiger partial charge is 0.333 e. The highest BCUT2D eigenvalue weighted by atomic mass is 32.2. The second kappa shape index (κ2) is 11.2. The Morgan fingerprint density at radius 2 is 1.76 bits per heavy atom. The van der Waals surface area contributed by atoms with E-state index in [4.69, 9.17) is 4.84 Å². The fraction of sp³-hybridized carbons (Fsp3) is 0.185. The molecule has 0 bridgehead atoms. The quantitative estimate of drug-likeness (QED) is 0.158. The van der Waals surface area contributed by atoms with Crippen LogP contribution in [0, 0.1) is 6.92 Å². The summed E-state index contributed by atoms with van der Waals surface area (Å²) in [6.45, 7) is 1.59. The molecule has 1 aliphatic rings. The molecule has 0 radical (unpaired) electrons. The first-order valence-corrected chi connectivity index (χ1v) is 14.5. The van der Waals surface area contributed by atoms with Crippen molar-refractivity contribution in [2.75, 3.05) is 0 Å². The monoisotopic (exact) mass is 594 g/mol. The average Bonchev–Trinajstić information content (AvgIpc) is 3.49. The number of aromatic nitrogens is 1. The van der Waals surface area contributed by atoms with E-state index in [1.165, 1.54) is 17.4 Å². The summed E-state index contributed by atoms with van der Waals surface area (Å²) in [7, 11) is -4.45. The lowest BCUT2D eigenvalue weighted by molar-refractivity contribution is -0.197. The SMILES string of the molecule is Cc1ccc2sc(-c3ccc(/N=N/c4cc(CCC(=O)ON5C(=O)CCC5=O)ccc4O)cc3)nc2c1S(=O)(=O)O. The number of nitrogens with zero attached hydrogens (tertiary/aromatic N) is 4. The summed E-state index contributed by atoms with van der Waals surface area (Å²) in [5.74, 6) is -1.96. The summed E-state index contributed by atoms with van der Waals surface area (Å²) in [4.78, 5) is 44.4. The van der Waals surface area contributed by atoms with E-state index in [2.05, 4.69) is 15.2 Å². The molecule has 2 heterocycles. The minimum atomic E-state index is -4.45. The van der Waals surface area contributed by atoms with Crippen molar-refractivity contribution >= 4 is 60.8 Å².